The van der Waals surface area contributed by atoms with Crippen LogP contribution in [0.5, 0.6) is 5.75 Å². The molecule has 1 aliphatic rings. The van der Waals surface area contributed by atoms with Gasteiger partial charge in [-0.15, -0.1) is 0 Å². The number of nitrogens with one attached hydrogen (secondary N) is 2. The minimum absolute atomic E-state index is 0.00767. The Bertz CT molecular complexity index is 749. The molecule has 26 heavy (non-hydrogen) atoms. The fraction of sp³-hybridized carbons (Fsp3) is 0.316. The molecular formula is C19H22N4O3. The lowest BCUT2D eigenvalue weighted by Gasteiger charge is -2.18. The van der Waals surface area contributed by atoms with Crippen molar-refractivity contribution in [3.05, 3.63) is 54.4 Å². The SMILES string of the molecule is CCOc1ccc(N2C[C@H](NC(=O)NCc3cccnc3)CC2=O)cc1. The summed E-state index contributed by atoms with van der Waals surface area (Å²) >= 11 is 0. The third-order valence-corrected chi connectivity index (χ3v) is 4.10. The summed E-state index contributed by atoms with van der Waals surface area (Å²) in [4.78, 5) is 30.0. The summed E-state index contributed by atoms with van der Waals surface area (Å²) in [6, 6.07) is 10.6. The molecular weight excluding hydrogens is 332 g/mol. The average molecular weight is 354 g/mol. The lowest BCUT2D eigenvalue weighted by atomic mass is 10.2. The molecule has 1 atom stereocenters. The first-order valence-corrected chi connectivity index (χ1v) is 8.62. The molecule has 0 saturated carbocycles. The van der Waals surface area contributed by atoms with Gasteiger partial charge in [-0.25, -0.2) is 4.79 Å². The van der Waals surface area contributed by atoms with Crippen LogP contribution in [0.25, 0.3) is 0 Å². The summed E-state index contributed by atoms with van der Waals surface area (Å²) in [6.45, 7) is 3.37. The highest BCUT2D eigenvalue weighted by atomic mass is 16.5. The maximum atomic E-state index is 12.3. The minimum Gasteiger partial charge on any atom is -0.494 e. The summed E-state index contributed by atoms with van der Waals surface area (Å²) in [5.41, 5.74) is 1.72. The summed E-state index contributed by atoms with van der Waals surface area (Å²) in [7, 11) is 0. The molecule has 3 rings (SSSR count). The molecule has 136 valence electrons. The van der Waals surface area contributed by atoms with Gasteiger partial charge in [0.15, 0.2) is 0 Å². The molecule has 1 saturated heterocycles. The second kappa shape index (κ2) is 8.33. The van der Waals surface area contributed by atoms with Crippen molar-refractivity contribution in [1.82, 2.24) is 15.6 Å². The van der Waals surface area contributed by atoms with E-state index in [1.807, 2.05) is 43.3 Å². The Morgan fingerprint density at radius 1 is 1.31 bits per heavy atom. The number of aromatic nitrogens is 1. The molecule has 3 amide bonds. The van der Waals surface area contributed by atoms with E-state index in [4.69, 9.17) is 4.74 Å². The van der Waals surface area contributed by atoms with Gasteiger partial charge in [0.1, 0.15) is 5.75 Å². The Labute approximate surface area is 152 Å². The van der Waals surface area contributed by atoms with Crippen molar-refractivity contribution in [2.45, 2.75) is 25.9 Å². The largest absolute Gasteiger partial charge is 0.494 e. The molecule has 2 aromatic rings. The van der Waals surface area contributed by atoms with Gasteiger partial charge < -0.3 is 20.3 Å². The van der Waals surface area contributed by atoms with Gasteiger partial charge in [-0.3, -0.25) is 9.78 Å². The zero-order valence-electron chi connectivity index (χ0n) is 14.6. The van der Waals surface area contributed by atoms with Gasteiger partial charge in [-0.2, -0.15) is 0 Å². The molecule has 0 spiro atoms. The van der Waals surface area contributed by atoms with Crippen molar-refractivity contribution in [2.75, 3.05) is 18.1 Å². The number of ether oxygens (including phenoxy) is 1. The standard InChI is InChI=1S/C19H22N4O3/c1-2-26-17-7-5-16(6-8-17)23-13-15(10-18(23)24)22-19(25)21-12-14-4-3-9-20-11-14/h3-9,11,15H,2,10,12-13H2,1H3,(H2,21,22,25)/t15-/m1/s1. The van der Waals surface area contributed by atoms with Crippen LogP contribution in [0.3, 0.4) is 0 Å². The third kappa shape index (κ3) is 4.50. The summed E-state index contributed by atoms with van der Waals surface area (Å²) in [5, 5.41) is 5.63. The second-order valence-corrected chi connectivity index (χ2v) is 6.02. The number of anilines is 1. The van der Waals surface area contributed by atoms with Gasteiger partial charge in [0.05, 0.1) is 12.6 Å². The highest BCUT2D eigenvalue weighted by Gasteiger charge is 2.31. The number of rotatable bonds is 6. The predicted molar refractivity (Wildman–Crippen MR) is 98.0 cm³/mol. The molecule has 0 unspecified atom stereocenters. The molecule has 0 aliphatic carbocycles. The maximum absolute atomic E-state index is 12.3. The Kier molecular flexibility index (Phi) is 5.68. The number of urea groups is 1. The molecule has 2 heterocycles. The van der Waals surface area contributed by atoms with E-state index in [1.54, 1.807) is 17.3 Å². The average Bonchev–Trinajstić information content (AvgIpc) is 3.02. The van der Waals surface area contributed by atoms with Gasteiger partial charge in [-0.05, 0) is 42.8 Å². The summed E-state index contributed by atoms with van der Waals surface area (Å²) in [5.74, 6) is 0.763. The lowest BCUT2D eigenvalue weighted by molar-refractivity contribution is -0.117. The second-order valence-electron chi connectivity index (χ2n) is 6.02. The molecule has 1 aromatic heterocycles. The molecule has 1 aromatic carbocycles. The van der Waals surface area contributed by atoms with Crippen LogP contribution in [-0.2, 0) is 11.3 Å². The van der Waals surface area contributed by atoms with Crippen LogP contribution in [0.2, 0.25) is 0 Å². The van der Waals surface area contributed by atoms with Crippen LogP contribution < -0.4 is 20.3 Å². The van der Waals surface area contributed by atoms with Gasteiger partial charge in [-0.1, -0.05) is 6.07 Å². The topological polar surface area (TPSA) is 83.6 Å². The Morgan fingerprint density at radius 2 is 2.12 bits per heavy atom. The zero-order chi connectivity index (χ0) is 18.4. The van der Waals surface area contributed by atoms with E-state index in [1.165, 1.54) is 0 Å². The number of hydrogen-bond donors (Lipinski definition) is 2. The number of hydrogen-bond acceptors (Lipinski definition) is 4. The highest BCUT2D eigenvalue weighted by molar-refractivity contribution is 5.96. The molecule has 1 aliphatic heterocycles. The van der Waals surface area contributed by atoms with Crippen molar-refractivity contribution in [3.8, 4) is 5.75 Å². The van der Waals surface area contributed by atoms with E-state index in [0.717, 1.165) is 17.0 Å². The third-order valence-electron chi connectivity index (χ3n) is 4.10. The molecule has 1 fully saturated rings. The van der Waals surface area contributed by atoms with E-state index < -0.39 is 0 Å². The lowest BCUT2D eigenvalue weighted by Crippen LogP contribution is -2.43. The van der Waals surface area contributed by atoms with Crippen molar-refractivity contribution >= 4 is 17.6 Å². The van der Waals surface area contributed by atoms with Crippen molar-refractivity contribution in [2.24, 2.45) is 0 Å². The first-order chi connectivity index (χ1) is 12.7. The number of benzene rings is 1. The van der Waals surface area contributed by atoms with Crippen LogP contribution >= 0.6 is 0 Å². The molecule has 7 nitrogen and oxygen atoms in total. The van der Waals surface area contributed by atoms with Crippen molar-refractivity contribution < 1.29 is 14.3 Å². The Morgan fingerprint density at radius 3 is 2.81 bits per heavy atom. The smallest absolute Gasteiger partial charge is 0.315 e. The molecule has 0 bridgehead atoms. The highest BCUT2D eigenvalue weighted by Crippen LogP contribution is 2.24. The van der Waals surface area contributed by atoms with E-state index in [9.17, 15) is 9.59 Å². The number of nitrogens with zero attached hydrogens (tertiary/aromatic N) is 2. The maximum Gasteiger partial charge on any atom is 0.315 e. The van der Waals surface area contributed by atoms with Crippen LogP contribution in [-0.4, -0.2) is 36.1 Å². The fourth-order valence-corrected chi connectivity index (χ4v) is 2.86. The van der Waals surface area contributed by atoms with Gasteiger partial charge in [0, 0.05) is 37.6 Å². The minimum atomic E-state index is -0.291. The first kappa shape index (κ1) is 17.7. The van der Waals surface area contributed by atoms with Crippen LogP contribution in [0.1, 0.15) is 18.9 Å². The Balaban J connectivity index is 1.51. The van der Waals surface area contributed by atoms with E-state index in [-0.39, 0.29) is 24.4 Å². The van der Waals surface area contributed by atoms with Gasteiger partial charge in [0.2, 0.25) is 5.91 Å². The quantitative estimate of drug-likeness (QED) is 0.832. The number of carbonyl (C=O) groups is 2. The summed E-state index contributed by atoms with van der Waals surface area (Å²) < 4.78 is 5.41. The fourth-order valence-electron chi connectivity index (χ4n) is 2.86. The predicted octanol–water partition coefficient (Wildman–Crippen LogP) is 2.08. The van der Waals surface area contributed by atoms with Crippen molar-refractivity contribution in [3.63, 3.8) is 0 Å². The zero-order valence-corrected chi connectivity index (χ0v) is 14.6. The Hall–Kier alpha value is -3.09. The molecule has 2 N–H and O–H groups in total. The monoisotopic (exact) mass is 354 g/mol. The molecule has 7 heteroatoms. The normalized spacial score (nSPS) is 16.4. The number of amides is 3. The number of carbonyl (C=O) groups excluding carboxylic acids is 2. The van der Waals surface area contributed by atoms with E-state index in [2.05, 4.69) is 15.6 Å². The van der Waals surface area contributed by atoms with Gasteiger partial charge >= 0.3 is 6.03 Å². The van der Waals surface area contributed by atoms with E-state index in [0.29, 0.717) is 19.7 Å². The number of pyridine rings is 1. The van der Waals surface area contributed by atoms with Crippen LogP contribution in [0.15, 0.2) is 48.8 Å². The van der Waals surface area contributed by atoms with Crippen LogP contribution in [0, 0.1) is 0 Å². The summed E-state index contributed by atoms with van der Waals surface area (Å²) in [6.07, 6.45) is 3.67. The molecule has 0 radical (unpaired) electrons. The first-order valence-electron chi connectivity index (χ1n) is 8.62. The van der Waals surface area contributed by atoms with Crippen LogP contribution in [0.4, 0.5) is 10.5 Å². The van der Waals surface area contributed by atoms with E-state index >= 15 is 0 Å². The van der Waals surface area contributed by atoms with Gasteiger partial charge in [0.25, 0.3) is 0 Å². The van der Waals surface area contributed by atoms with Crippen molar-refractivity contribution in [1.29, 1.82) is 0 Å².